The Morgan fingerprint density at radius 2 is 1.59 bits per heavy atom. The molecule has 0 aliphatic heterocycles. The maximum atomic E-state index is 9.53. The molecule has 0 aliphatic rings. The number of fused-ring (bicyclic) bond motifs is 1. The fourth-order valence-electron chi connectivity index (χ4n) is 4.10. The van der Waals surface area contributed by atoms with Gasteiger partial charge in [-0.3, -0.25) is 0 Å². The summed E-state index contributed by atoms with van der Waals surface area (Å²) in [5.41, 5.74) is 6.63. The molecular weight excluding hydrogens is 434 g/mol. The van der Waals surface area contributed by atoms with E-state index in [2.05, 4.69) is 72.2 Å². The second-order valence-corrected chi connectivity index (χ2v) is 9.26. The zero-order chi connectivity index (χ0) is 22.1. The highest BCUT2D eigenvalue weighted by atomic mass is 35.5. The summed E-state index contributed by atoms with van der Waals surface area (Å²) in [7, 11) is 0. The Labute approximate surface area is 197 Å². The topological polar surface area (TPSA) is 25.2 Å². The molecule has 158 valence electrons. The van der Waals surface area contributed by atoms with E-state index in [9.17, 15) is 5.11 Å². The van der Waals surface area contributed by atoms with Gasteiger partial charge < -0.3 is 9.67 Å². The van der Waals surface area contributed by atoms with Crippen molar-refractivity contribution in [2.24, 2.45) is 0 Å². The van der Waals surface area contributed by atoms with Crippen LogP contribution in [0.5, 0.6) is 0 Å². The van der Waals surface area contributed by atoms with Gasteiger partial charge >= 0.3 is 0 Å². The van der Waals surface area contributed by atoms with Crippen LogP contribution in [0, 0.1) is 6.92 Å². The Morgan fingerprint density at radius 3 is 2.41 bits per heavy atom. The minimum atomic E-state index is 0.0387. The first-order valence-corrected chi connectivity index (χ1v) is 11.7. The maximum Gasteiger partial charge on any atom is 0.0682 e. The predicted octanol–water partition coefficient (Wildman–Crippen LogP) is 7.90. The first-order valence-electron chi connectivity index (χ1n) is 10.5. The Bertz CT molecular complexity index is 1410. The van der Waals surface area contributed by atoms with E-state index in [1.54, 1.807) is 11.8 Å². The SMILES string of the molecule is Cc1c(Sc2cccc(CO)c2)c2ccc(Cl)cc2n1-c1cccc(-c2ccccc2)c1. The van der Waals surface area contributed by atoms with Crippen LogP contribution in [-0.4, -0.2) is 9.67 Å². The fraction of sp³-hybridized carbons (Fsp3) is 0.0714. The zero-order valence-corrected chi connectivity index (χ0v) is 19.2. The van der Waals surface area contributed by atoms with Crippen LogP contribution >= 0.6 is 23.4 Å². The lowest BCUT2D eigenvalue weighted by Gasteiger charge is -2.11. The van der Waals surface area contributed by atoms with Gasteiger partial charge in [0.15, 0.2) is 0 Å². The molecule has 0 fully saturated rings. The van der Waals surface area contributed by atoms with E-state index in [0.717, 1.165) is 32.7 Å². The standard InChI is InChI=1S/C28H22ClNOS/c1-19-28(32-25-12-5-7-20(15-25)18-31)26-14-13-23(29)17-27(26)30(19)24-11-6-10-22(16-24)21-8-3-2-4-9-21/h2-17,31H,18H2,1H3. The molecule has 5 rings (SSSR count). The zero-order valence-electron chi connectivity index (χ0n) is 17.6. The second kappa shape index (κ2) is 8.87. The summed E-state index contributed by atoms with van der Waals surface area (Å²) >= 11 is 8.14. The van der Waals surface area contributed by atoms with Crippen molar-refractivity contribution in [3.05, 3.63) is 113 Å². The molecule has 4 aromatic carbocycles. The number of rotatable bonds is 5. The molecule has 0 atom stereocenters. The molecule has 0 amide bonds. The fourth-order valence-corrected chi connectivity index (χ4v) is 5.38. The van der Waals surface area contributed by atoms with Crippen molar-refractivity contribution < 1.29 is 5.11 Å². The summed E-state index contributed by atoms with van der Waals surface area (Å²) in [6.45, 7) is 2.19. The number of benzene rings is 4. The van der Waals surface area contributed by atoms with E-state index in [4.69, 9.17) is 11.6 Å². The molecule has 4 heteroatoms. The van der Waals surface area contributed by atoms with Gasteiger partial charge in [-0.2, -0.15) is 0 Å². The van der Waals surface area contributed by atoms with Crippen LogP contribution in [0.2, 0.25) is 5.02 Å². The number of hydrogen-bond donors (Lipinski definition) is 1. The molecule has 5 aromatic rings. The second-order valence-electron chi connectivity index (χ2n) is 7.74. The van der Waals surface area contributed by atoms with Crippen molar-refractivity contribution >= 4 is 34.3 Å². The molecule has 0 bridgehead atoms. The summed E-state index contributed by atoms with van der Waals surface area (Å²) in [6, 6.07) is 33.2. The van der Waals surface area contributed by atoms with Crippen LogP contribution in [0.4, 0.5) is 0 Å². The number of aliphatic hydroxyl groups is 1. The largest absolute Gasteiger partial charge is 0.392 e. The normalized spacial score (nSPS) is 11.2. The summed E-state index contributed by atoms with van der Waals surface area (Å²) in [4.78, 5) is 2.29. The van der Waals surface area contributed by atoms with Crippen molar-refractivity contribution in [1.82, 2.24) is 4.57 Å². The van der Waals surface area contributed by atoms with Gasteiger partial charge in [0.05, 0.1) is 12.1 Å². The number of aromatic nitrogens is 1. The molecule has 1 N–H and O–H groups in total. The van der Waals surface area contributed by atoms with Gasteiger partial charge in [0, 0.05) is 31.6 Å². The van der Waals surface area contributed by atoms with E-state index < -0.39 is 0 Å². The smallest absolute Gasteiger partial charge is 0.0682 e. The minimum Gasteiger partial charge on any atom is -0.392 e. The lowest BCUT2D eigenvalue weighted by Crippen LogP contribution is -1.97. The summed E-state index contributed by atoms with van der Waals surface area (Å²) < 4.78 is 2.28. The molecule has 32 heavy (non-hydrogen) atoms. The van der Waals surface area contributed by atoms with Gasteiger partial charge in [0.1, 0.15) is 0 Å². The van der Waals surface area contributed by atoms with Gasteiger partial charge in [0.2, 0.25) is 0 Å². The van der Waals surface area contributed by atoms with E-state index in [1.165, 1.54) is 16.0 Å². The number of halogens is 1. The molecule has 0 aliphatic carbocycles. The van der Waals surface area contributed by atoms with Gasteiger partial charge in [-0.05, 0) is 60.0 Å². The van der Waals surface area contributed by atoms with Crippen LogP contribution in [0.3, 0.4) is 0 Å². The average Bonchev–Trinajstić information content (AvgIpc) is 3.10. The molecule has 0 unspecified atom stereocenters. The van der Waals surface area contributed by atoms with Gasteiger partial charge in [-0.25, -0.2) is 0 Å². The van der Waals surface area contributed by atoms with E-state index in [0.29, 0.717) is 5.02 Å². The Balaban J connectivity index is 1.67. The Kier molecular flexibility index (Phi) is 5.79. The molecule has 0 radical (unpaired) electrons. The lowest BCUT2D eigenvalue weighted by molar-refractivity contribution is 0.281. The Morgan fingerprint density at radius 1 is 0.812 bits per heavy atom. The third-order valence-corrected chi connectivity index (χ3v) is 7.07. The maximum absolute atomic E-state index is 9.53. The molecule has 1 aromatic heterocycles. The van der Waals surface area contributed by atoms with E-state index >= 15 is 0 Å². The van der Waals surface area contributed by atoms with Crippen molar-refractivity contribution in [3.63, 3.8) is 0 Å². The van der Waals surface area contributed by atoms with Gasteiger partial charge in [-0.15, -0.1) is 0 Å². The van der Waals surface area contributed by atoms with Crippen molar-refractivity contribution in [3.8, 4) is 16.8 Å². The lowest BCUT2D eigenvalue weighted by atomic mass is 10.1. The number of aliphatic hydroxyl groups excluding tert-OH is 1. The molecule has 0 saturated carbocycles. The molecule has 0 spiro atoms. The van der Waals surface area contributed by atoms with Crippen molar-refractivity contribution in [2.45, 2.75) is 23.3 Å². The van der Waals surface area contributed by atoms with Crippen LogP contribution in [0.1, 0.15) is 11.3 Å². The van der Waals surface area contributed by atoms with Crippen molar-refractivity contribution in [1.29, 1.82) is 0 Å². The Hall–Kier alpha value is -2.98. The predicted molar refractivity (Wildman–Crippen MR) is 135 cm³/mol. The summed E-state index contributed by atoms with van der Waals surface area (Å²) in [5, 5.41) is 11.4. The van der Waals surface area contributed by atoms with Crippen LogP contribution in [0.15, 0.2) is 107 Å². The molecule has 2 nitrogen and oxygen atoms in total. The highest BCUT2D eigenvalue weighted by molar-refractivity contribution is 7.99. The molecule has 0 saturated heterocycles. The quantitative estimate of drug-likeness (QED) is 0.291. The van der Waals surface area contributed by atoms with Crippen LogP contribution in [-0.2, 0) is 6.61 Å². The van der Waals surface area contributed by atoms with E-state index in [1.807, 2.05) is 36.4 Å². The monoisotopic (exact) mass is 455 g/mol. The van der Waals surface area contributed by atoms with Gasteiger partial charge in [-0.1, -0.05) is 84.0 Å². The highest BCUT2D eigenvalue weighted by Gasteiger charge is 2.17. The van der Waals surface area contributed by atoms with Crippen LogP contribution < -0.4 is 0 Å². The summed E-state index contributed by atoms with van der Waals surface area (Å²) in [6.07, 6.45) is 0. The van der Waals surface area contributed by atoms with Crippen LogP contribution in [0.25, 0.3) is 27.7 Å². The third-order valence-electron chi connectivity index (χ3n) is 5.62. The molecule has 1 heterocycles. The van der Waals surface area contributed by atoms with Crippen molar-refractivity contribution in [2.75, 3.05) is 0 Å². The van der Waals surface area contributed by atoms with Gasteiger partial charge in [0.25, 0.3) is 0 Å². The number of nitrogens with zero attached hydrogens (tertiary/aromatic N) is 1. The average molecular weight is 456 g/mol. The number of hydrogen-bond acceptors (Lipinski definition) is 2. The molecular formula is C28H22ClNOS. The van der Waals surface area contributed by atoms with E-state index in [-0.39, 0.29) is 6.61 Å². The first-order chi connectivity index (χ1) is 15.6. The highest BCUT2D eigenvalue weighted by Crippen LogP contribution is 2.41. The minimum absolute atomic E-state index is 0.0387. The third kappa shape index (κ3) is 3.95. The summed E-state index contributed by atoms with van der Waals surface area (Å²) in [5.74, 6) is 0. The first kappa shape index (κ1) is 20.9.